The molecule has 3 aromatic rings. The molecule has 1 fully saturated rings. The van der Waals surface area contributed by atoms with Crippen LogP contribution in [0.1, 0.15) is 0 Å². The van der Waals surface area contributed by atoms with Gasteiger partial charge in [-0.05, 0) is 12.1 Å². The molecule has 0 bridgehead atoms. The Balaban J connectivity index is 1.53. The standard InChI is InChI=1S/C20H27FN6O3Si/c1-31(2,3)7-6-30-14-25-5-4-16-17(22-13-23-18(16)25)15-8-24-27(9-15)20(10-21)11-26(12-20)19(28)29/h4-5,8-9,13H,6-7,10-12,14H2,1-3H3,(H,28,29). The van der Waals surface area contributed by atoms with E-state index >= 15 is 0 Å². The van der Waals surface area contributed by atoms with E-state index in [0.29, 0.717) is 12.4 Å². The average Bonchev–Trinajstić information content (AvgIpc) is 3.31. The summed E-state index contributed by atoms with van der Waals surface area (Å²) in [5.74, 6) is 0. The topological polar surface area (TPSA) is 98.3 Å². The number of likely N-dealkylation sites (tertiary alicyclic amines) is 1. The molecule has 1 aliphatic heterocycles. The van der Waals surface area contributed by atoms with Gasteiger partial charge < -0.3 is 19.3 Å². The summed E-state index contributed by atoms with van der Waals surface area (Å²) in [6.07, 6.45) is 5.71. The van der Waals surface area contributed by atoms with E-state index in [9.17, 15) is 9.18 Å². The summed E-state index contributed by atoms with van der Waals surface area (Å²) in [5, 5.41) is 14.2. The quantitative estimate of drug-likeness (QED) is 0.421. The minimum absolute atomic E-state index is 0.0737. The highest BCUT2D eigenvalue weighted by atomic mass is 28.3. The van der Waals surface area contributed by atoms with Crippen LogP contribution in [0.3, 0.4) is 0 Å². The SMILES string of the molecule is C[Si](C)(C)CCOCn1ccc2c(-c3cnn(C4(CF)CN(C(=O)O)C4)c3)ncnc21. The van der Waals surface area contributed by atoms with E-state index in [4.69, 9.17) is 9.84 Å². The van der Waals surface area contributed by atoms with Crippen molar-refractivity contribution in [3.8, 4) is 11.3 Å². The number of halogens is 1. The van der Waals surface area contributed by atoms with Crippen molar-refractivity contribution in [2.45, 2.75) is 38.0 Å². The van der Waals surface area contributed by atoms with Crippen LogP contribution < -0.4 is 0 Å². The minimum atomic E-state index is -1.14. The third kappa shape index (κ3) is 4.19. The molecule has 1 N–H and O–H groups in total. The highest BCUT2D eigenvalue weighted by Crippen LogP contribution is 2.32. The second-order valence-corrected chi connectivity index (χ2v) is 14.9. The Morgan fingerprint density at radius 3 is 2.77 bits per heavy atom. The lowest BCUT2D eigenvalue weighted by molar-refractivity contribution is -0.00477. The molecule has 1 aliphatic rings. The second-order valence-electron chi connectivity index (χ2n) is 9.26. The van der Waals surface area contributed by atoms with Gasteiger partial charge in [-0.1, -0.05) is 19.6 Å². The molecule has 0 saturated carbocycles. The van der Waals surface area contributed by atoms with Crippen LogP contribution in [-0.2, 0) is 17.0 Å². The number of carbonyl (C=O) groups is 1. The number of hydrogen-bond acceptors (Lipinski definition) is 5. The Labute approximate surface area is 180 Å². The third-order valence-corrected chi connectivity index (χ3v) is 7.32. The number of rotatable bonds is 8. The molecule has 0 aromatic carbocycles. The fourth-order valence-corrected chi connectivity index (χ4v) is 4.43. The van der Waals surface area contributed by atoms with Gasteiger partial charge in [0.15, 0.2) is 0 Å². The molecule has 0 spiro atoms. The van der Waals surface area contributed by atoms with Crippen LogP contribution in [-0.4, -0.2) is 74.9 Å². The van der Waals surface area contributed by atoms with Crippen molar-refractivity contribution in [1.82, 2.24) is 29.2 Å². The van der Waals surface area contributed by atoms with Crippen molar-refractivity contribution < 1.29 is 19.0 Å². The summed E-state index contributed by atoms with van der Waals surface area (Å²) < 4.78 is 23.1. The van der Waals surface area contributed by atoms with Gasteiger partial charge in [0, 0.05) is 38.0 Å². The van der Waals surface area contributed by atoms with E-state index < -0.39 is 26.4 Å². The zero-order valence-corrected chi connectivity index (χ0v) is 19.0. The number of amides is 1. The molecular formula is C20H27FN6O3Si. The molecule has 4 rings (SSSR count). The smallest absolute Gasteiger partial charge is 0.407 e. The van der Waals surface area contributed by atoms with Crippen LogP contribution in [0, 0.1) is 0 Å². The molecule has 1 saturated heterocycles. The van der Waals surface area contributed by atoms with Gasteiger partial charge >= 0.3 is 6.09 Å². The van der Waals surface area contributed by atoms with E-state index in [-0.39, 0.29) is 13.1 Å². The number of aromatic nitrogens is 5. The molecule has 11 heteroatoms. The van der Waals surface area contributed by atoms with Crippen LogP contribution in [0.2, 0.25) is 25.7 Å². The molecule has 4 heterocycles. The molecule has 9 nitrogen and oxygen atoms in total. The molecule has 0 radical (unpaired) electrons. The highest BCUT2D eigenvalue weighted by Gasteiger charge is 2.48. The number of fused-ring (bicyclic) bond motifs is 1. The molecule has 1 amide bonds. The summed E-state index contributed by atoms with van der Waals surface area (Å²) in [4.78, 5) is 21.1. The first kappa shape index (κ1) is 21.4. The van der Waals surface area contributed by atoms with E-state index in [1.165, 1.54) is 15.9 Å². The van der Waals surface area contributed by atoms with Crippen molar-refractivity contribution in [1.29, 1.82) is 0 Å². The predicted molar refractivity (Wildman–Crippen MR) is 116 cm³/mol. The van der Waals surface area contributed by atoms with E-state index in [2.05, 4.69) is 34.7 Å². The first-order valence-corrected chi connectivity index (χ1v) is 13.9. The Kier molecular flexibility index (Phi) is 5.56. The predicted octanol–water partition coefficient (Wildman–Crippen LogP) is 3.27. The van der Waals surface area contributed by atoms with Crippen LogP contribution in [0.15, 0.2) is 31.0 Å². The molecule has 0 aliphatic carbocycles. The lowest BCUT2D eigenvalue weighted by Crippen LogP contribution is -2.65. The lowest BCUT2D eigenvalue weighted by atomic mass is 9.92. The summed E-state index contributed by atoms with van der Waals surface area (Å²) in [7, 11) is -1.14. The molecule has 31 heavy (non-hydrogen) atoms. The lowest BCUT2D eigenvalue weighted by Gasteiger charge is -2.46. The largest absolute Gasteiger partial charge is 0.465 e. The maximum absolute atomic E-state index is 13.8. The summed E-state index contributed by atoms with van der Waals surface area (Å²) >= 11 is 0. The van der Waals surface area contributed by atoms with Crippen molar-refractivity contribution in [2.24, 2.45) is 0 Å². The van der Waals surface area contributed by atoms with Gasteiger partial charge in [0.1, 0.15) is 30.9 Å². The second kappa shape index (κ2) is 8.04. The normalized spacial score (nSPS) is 15.9. The van der Waals surface area contributed by atoms with Crippen LogP contribution in [0.25, 0.3) is 22.3 Å². The number of alkyl halides is 1. The molecule has 0 atom stereocenters. The van der Waals surface area contributed by atoms with Crippen molar-refractivity contribution in [3.63, 3.8) is 0 Å². The van der Waals surface area contributed by atoms with Crippen molar-refractivity contribution in [3.05, 3.63) is 31.0 Å². The summed E-state index contributed by atoms with van der Waals surface area (Å²) in [5.41, 5.74) is 1.22. The number of ether oxygens (including phenoxy) is 1. The summed E-state index contributed by atoms with van der Waals surface area (Å²) in [6, 6.07) is 3.03. The molecule has 0 unspecified atom stereocenters. The van der Waals surface area contributed by atoms with Gasteiger partial charge in [-0.3, -0.25) is 4.68 Å². The highest BCUT2D eigenvalue weighted by molar-refractivity contribution is 6.76. The fourth-order valence-electron chi connectivity index (χ4n) is 3.67. The van der Waals surface area contributed by atoms with Crippen LogP contribution in [0.5, 0.6) is 0 Å². The molecular weight excluding hydrogens is 419 g/mol. The van der Waals surface area contributed by atoms with Gasteiger partial charge in [-0.15, -0.1) is 0 Å². The zero-order chi connectivity index (χ0) is 22.2. The Bertz CT molecular complexity index is 1090. The zero-order valence-electron chi connectivity index (χ0n) is 18.0. The van der Waals surface area contributed by atoms with Crippen molar-refractivity contribution in [2.75, 3.05) is 26.4 Å². The van der Waals surface area contributed by atoms with E-state index in [0.717, 1.165) is 29.2 Å². The van der Waals surface area contributed by atoms with Gasteiger partial charge in [-0.25, -0.2) is 19.2 Å². The minimum Gasteiger partial charge on any atom is -0.465 e. The van der Waals surface area contributed by atoms with Gasteiger partial charge in [0.25, 0.3) is 0 Å². The monoisotopic (exact) mass is 446 g/mol. The average molecular weight is 447 g/mol. The van der Waals surface area contributed by atoms with Gasteiger partial charge in [-0.2, -0.15) is 5.10 Å². The number of hydrogen-bond donors (Lipinski definition) is 1. The Hall–Kier alpha value is -2.79. The molecule has 3 aromatic heterocycles. The van der Waals surface area contributed by atoms with E-state index in [1.807, 2.05) is 16.8 Å². The maximum Gasteiger partial charge on any atom is 0.407 e. The maximum atomic E-state index is 13.8. The Morgan fingerprint density at radius 2 is 2.10 bits per heavy atom. The number of carboxylic acid groups (broad SMARTS) is 1. The fraction of sp³-hybridized carbons (Fsp3) is 0.500. The van der Waals surface area contributed by atoms with Crippen LogP contribution >= 0.6 is 0 Å². The third-order valence-electron chi connectivity index (χ3n) is 5.61. The summed E-state index contributed by atoms with van der Waals surface area (Å²) in [6.45, 7) is 7.54. The van der Waals surface area contributed by atoms with Gasteiger partial charge in [0.2, 0.25) is 0 Å². The van der Waals surface area contributed by atoms with Crippen LogP contribution in [0.4, 0.5) is 9.18 Å². The van der Waals surface area contributed by atoms with E-state index in [1.54, 1.807) is 12.4 Å². The first-order chi connectivity index (χ1) is 14.7. The Morgan fingerprint density at radius 1 is 1.32 bits per heavy atom. The molecule has 166 valence electrons. The van der Waals surface area contributed by atoms with Crippen molar-refractivity contribution >= 4 is 25.2 Å². The first-order valence-electron chi connectivity index (χ1n) is 10.2. The number of nitrogens with zero attached hydrogens (tertiary/aromatic N) is 6. The van der Waals surface area contributed by atoms with Gasteiger partial charge in [0.05, 0.1) is 25.0 Å².